The first-order chi connectivity index (χ1) is 16.8. The summed E-state index contributed by atoms with van der Waals surface area (Å²) < 4.78 is 81.9. The molecule has 0 bridgehead atoms. The van der Waals surface area contributed by atoms with Gasteiger partial charge < -0.3 is 0 Å². The highest BCUT2D eigenvalue weighted by molar-refractivity contribution is 5.84. The van der Waals surface area contributed by atoms with E-state index in [2.05, 4.69) is 0 Å². The second-order valence-electron chi connectivity index (χ2n) is 6.57. The molecule has 2 rings (SSSR count). The van der Waals surface area contributed by atoms with Gasteiger partial charge in [0.1, 0.15) is 29.8 Å². The minimum absolute atomic E-state index is 0.244. The summed E-state index contributed by atoms with van der Waals surface area (Å²) in [4.78, 5) is 0. The molecule has 0 radical (unpaired) electrons. The van der Waals surface area contributed by atoms with Gasteiger partial charge in [0.2, 0.25) is 0 Å². The molecule has 2 aromatic rings. The van der Waals surface area contributed by atoms with Crippen LogP contribution in [0.3, 0.4) is 0 Å². The van der Waals surface area contributed by atoms with Gasteiger partial charge >= 0.3 is 12.4 Å². The summed E-state index contributed by atoms with van der Waals surface area (Å²) in [6, 6.07) is 11.4. The van der Waals surface area contributed by atoms with Crippen LogP contribution in [-0.4, -0.2) is 0 Å². The average Bonchev–Trinajstić information content (AvgIpc) is 2.83. The summed E-state index contributed by atoms with van der Waals surface area (Å²) in [5.74, 6) is 0. The van der Waals surface area contributed by atoms with Crippen molar-refractivity contribution in [1.29, 1.82) is 36.8 Å². The van der Waals surface area contributed by atoms with E-state index in [1.165, 1.54) is 30.3 Å². The van der Waals surface area contributed by atoms with Crippen molar-refractivity contribution in [2.24, 2.45) is 0 Å². The van der Waals surface area contributed by atoms with E-state index in [1.54, 1.807) is 0 Å². The summed E-state index contributed by atoms with van der Waals surface area (Å²) in [6.07, 6.45) is -11.5. The first kappa shape index (κ1) is 26.4. The van der Waals surface area contributed by atoms with E-state index in [0.717, 1.165) is 24.3 Å². The van der Waals surface area contributed by atoms with Crippen LogP contribution in [0.5, 0.6) is 0 Å². The van der Waals surface area contributed by atoms with E-state index in [0.29, 0.717) is 0 Å². The van der Waals surface area contributed by atoms with Crippen molar-refractivity contribution in [3.63, 3.8) is 0 Å². The number of hydrogen-bond donors (Lipinski definition) is 0. The van der Waals surface area contributed by atoms with Crippen LogP contribution in [0.25, 0.3) is 11.1 Å². The Bertz CT molecular complexity index is 1670. The molecule has 0 aliphatic heterocycles. The Morgan fingerprint density at radius 3 is 1.39 bits per heavy atom. The van der Waals surface area contributed by atoms with E-state index >= 15 is 0 Å². The maximum absolute atomic E-state index is 13.8. The predicted octanol–water partition coefficient (Wildman–Crippen LogP) is 3.13. The number of benzene rings is 2. The molecule has 2 aromatic carbocycles. The highest BCUT2D eigenvalue weighted by atomic mass is 19.4. The summed E-state index contributed by atoms with van der Waals surface area (Å²) in [5.41, 5.74) is -12.0. The van der Waals surface area contributed by atoms with Crippen molar-refractivity contribution in [2.45, 2.75) is 12.4 Å². The summed E-state index contributed by atoms with van der Waals surface area (Å²) in [6.45, 7) is 0. The number of rotatable bonds is 1. The van der Waals surface area contributed by atoms with E-state index in [4.69, 9.17) is 10.5 Å². The molecule has 0 spiro atoms. The molecule has 13 heteroatoms. The smallest absolute Gasteiger partial charge is 0.192 e. The Morgan fingerprint density at radius 2 is 1.06 bits per heavy atom. The molecule has 0 aliphatic carbocycles. The number of alkyl halides is 6. The topological polar surface area (TPSA) is 167 Å². The molecule has 0 atom stereocenters. The Labute approximate surface area is 197 Å². The minimum Gasteiger partial charge on any atom is -0.192 e. The lowest BCUT2D eigenvalue weighted by molar-refractivity contribution is -0.162. The lowest BCUT2D eigenvalue weighted by Crippen LogP contribution is -2.24. The van der Waals surface area contributed by atoms with Gasteiger partial charge in [0, 0.05) is 16.0 Å². The normalized spacial score (nSPS) is 10.3. The van der Waals surface area contributed by atoms with Gasteiger partial charge in [0.05, 0.1) is 57.2 Å². The molecule has 0 aliphatic rings. The SMILES string of the molecule is N#CC(C#N)=c1cc(C#N)c(=C(C#N)c2cc(C#N)c(C(F)(F)F)c(C(F)(F)F)c2C#N)c(C#N)c1. The lowest BCUT2D eigenvalue weighted by atomic mass is 9.86. The molecular formula is C23H3F6N7. The fourth-order valence-corrected chi connectivity index (χ4v) is 3.30. The van der Waals surface area contributed by atoms with Crippen molar-refractivity contribution >= 4 is 11.1 Å². The molecule has 0 heterocycles. The van der Waals surface area contributed by atoms with Crippen molar-refractivity contribution in [2.75, 3.05) is 0 Å². The second kappa shape index (κ2) is 9.59. The molecule has 172 valence electrons. The minimum atomic E-state index is -5.80. The molecule has 0 saturated heterocycles. The Kier molecular flexibility index (Phi) is 7.04. The van der Waals surface area contributed by atoms with Crippen LogP contribution in [-0.2, 0) is 12.4 Å². The van der Waals surface area contributed by atoms with Gasteiger partial charge in [0.15, 0.2) is 0 Å². The molecule has 36 heavy (non-hydrogen) atoms. The monoisotopic (exact) mass is 491 g/mol. The van der Waals surface area contributed by atoms with Crippen molar-refractivity contribution in [3.8, 4) is 42.5 Å². The molecule has 0 N–H and O–H groups in total. The molecule has 0 fully saturated rings. The summed E-state index contributed by atoms with van der Waals surface area (Å²) in [7, 11) is 0. The average molecular weight is 491 g/mol. The van der Waals surface area contributed by atoms with Crippen LogP contribution in [0, 0.1) is 79.3 Å². The summed E-state index contributed by atoms with van der Waals surface area (Å²) in [5, 5.41) is 64.6. The first-order valence-corrected chi connectivity index (χ1v) is 8.93. The fourth-order valence-electron chi connectivity index (χ4n) is 3.30. The van der Waals surface area contributed by atoms with Crippen LogP contribution in [0.1, 0.15) is 38.9 Å². The van der Waals surface area contributed by atoms with E-state index in [-0.39, 0.29) is 11.3 Å². The third-order valence-electron chi connectivity index (χ3n) is 4.65. The molecule has 0 unspecified atom stereocenters. The standard InChI is InChI=1S/C23H3F6N7/c24-22(25,26)20-14(6-32)3-16(18(10-36)21(20)23(27,28)29)17(9-35)19-12(4-30)1-11(2-13(19)5-31)15(7-33)8-34/h1-3H. The second-order valence-corrected chi connectivity index (χ2v) is 6.57. The quantitative estimate of drug-likeness (QED) is 0.552. The Balaban J connectivity index is 3.43. The van der Waals surface area contributed by atoms with Crippen LogP contribution in [0.2, 0.25) is 0 Å². The highest BCUT2D eigenvalue weighted by Crippen LogP contribution is 2.45. The van der Waals surface area contributed by atoms with Gasteiger partial charge in [-0.05, 0) is 18.2 Å². The number of halogens is 6. The van der Waals surface area contributed by atoms with Gasteiger partial charge in [-0.3, -0.25) is 0 Å². The molecular weight excluding hydrogens is 488 g/mol. The van der Waals surface area contributed by atoms with Crippen LogP contribution < -0.4 is 10.4 Å². The van der Waals surface area contributed by atoms with E-state index in [1.807, 2.05) is 0 Å². The highest BCUT2D eigenvalue weighted by Gasteiger charge is 2.48. The fraction of sp³-hybridized carbons (Fsp3) is 0.0870. The lowest BCUT2D eigenvalue weighted by Gasteiger charge is -2.20. The first-order valence-electron chi connectivity index (χ1n) is 8.93. The van der Waals surface area contributed by atoms with Gasteiger partial charge in [-0.2, -0.15) is 63.2 Å². The zero-order chi connectivity index (χ0) is 27.4. The van der Waals surface area contributed by atoms with E-state index < -0.39 is 67.7 Å². The molecule has 0 amide bonds. The van der Waals surface area contributed by atoms with Gasteiger partial charge in [0.25, 0.3) is 0 Å². The number of nitriles is 7. The van der Waals surface area contributed by atoms with Crippen LogP contribution in [0.15, 0.2) is 18.2 Å². The third kappa shape index (κ3) is 4.48. The maximum Gasteiger partial charge on any atom is 0.418 e. The van der Waals surface area contributed by atoms with Gasteiger partial charge in [-0.1, -0.05) is 0 Å². The van der Waals surface area contributed by atoms with Crippen LogP contribution in [0.4, 0.5) is 26.3 Å². The van der Waals surface area contributed by atoms with Crippen molar-refractivity contribution < 1.29 is 26.3 Å². The molecule has 7 nitrogen and oxygen atoms in total. The Hall–Kier alpha value is -5.81. The maximum atomic E-state index is 13.8. The number of hydrogen-bond acceptors (Lipinski definition) is 7. The number of nitrogens with zero attached hydrogens (tertiary/aromatic N) is 7. The van der Waals surface area contributed by atoms with Crippen LogP contribution >= 0.6 is 0 Å². The van der Waals surface area contributed by atoms with Crippen molar-refractivity contribution in [3.05, 3.63) is 67.6 Å². The third-order valence-corrected chi connectivity index (χ3v) is 4.65. The van der Waals surface area contributed by atoms with E-state index in [9.17, 15) is 52.7 Å². The summed E-state index contributed by atoms with van der Waals surface area (Å²) >= 11 is 0. The molecule has 0 saturated carbocycles. The predicted molar refractivity (Wildman–Crippen MR) is 104 cm³/mol. The molecule has 0 aromatic heterocycles. The van der Waals surface area contributed by atoms with Crippen molar-refractivity contribution in [1.82, 2.24) is 0 Å². The zero-order valence-corrected chi connectivity index (χ0v) is 17.1. The van der Waals surface area contributed by atoms with Gasteiger partial charge in [-0.25, -0.2) is 0 Å². The zero-order valence-electron chi connectivity index (χ0n) is 17.1. The largest absolute Gasteiger partial charge is 0.418 e. The Morgan fingerprint density at radius 1 is 0.583 bits per heavy atom. The van der Waals surface area contributed by atoms with Gasteiger partial charge in [-0.15, -0.1) is 0 Å².